The second-order valence-electron chi connectivity index (χ2n) is 13.0. The van der Waals surface area contributed by atoms with Crippen molar-refractivity contribution in [3.63, 3.8) is 0 Å². The van der Waals surface area contributed by atoms with Crippen molar-refractivity contribution in [1.82, 2.24) is 4.57 Å². The molecule has 8 aromatic carbocycles. The molecule has 0 spiro atoms. The first-order valence-corrected chi connectivity index (χ1v) is 17.1. The molecule has 0 saturated heterocycles. The van der Waals surface area contributed by atoms with Crippen LogP contribution < -0.4 is 0 Å². The van der Waals surface area contributed by atoms with E-state index in [2.05, 4.69) is 181 Å². The topological polar surface area (TPSA) is 17.3 Å². The second kappa shape index (κ2) is 11.2. The molecule has 10 rings (SSSR count). The summed E-state index contributed by atoms with van der Waals surface area (Å²) in [6, 6.07) is 59.7. The van der Waals surface area contributed by atoms with Crippen LogP contribution in [-0.4, -0.2) is 10.3 Å². The van der Waals surface area contributed by atoms with Gasteiger partial charge in [-0.25, -0.2) is 0 Å². The van der Waals surface area contributed by atoms with Crippen LogP contribution in [0.25, 0.3) is 70.9 Å². The summed E-state index contributed by atoms with van der Waals surface area (Å²) in [5.41, 5.74) is 9.42. The molecule has 0 aliphatic carbocycles. The maximum Gasteiger partial charge on any atom is 0.0790 e. The quantitative estimate of drug-likeness (QED) is 0.173. The van der Waals surface area contributed by atoms with Crippen molar-refractivity contribution in [2.75, 3.05) is 0 Å². The fraction of sp³-hybridized carbons (Fsp3) is 0.0426. The summed E-state index contributed by atoms with van der Waals surface area (Å²) < 4.78 is 2.45. The molecular formula is C47H32N2. The molecule has 0 N–H and O–H groups in total. The predicted octanol–water partition coefficient (Wildman–Crippen LogP) is 12.4. The van der Waals surface area contributed by atoms with Gasteiger partial charge in [0.05, 0.1) is 22.8 Å². The minimum Gasteiger partial charge on any atom is -0.309 e. The standard InChI is InChI=1S/C47H32N2/c1-3-14-31(15-4-1)33-26-27-46-40(28-33)38-21-11-12-25-45(38)49(46)34-29-41-37-20-8-7-18-35(37)36-19-9-10-22-39(36)47(41)42(30-34)44-24-13-23-43(48-44)32-16-5-2-6-17-32/h1-22,24-30,43H,23H2. The van der Waals surface area contributed by atoms with Crippen LogP contribution in [-0.2, 0) is 0 Å². The van der Waals surface area contributed by atoms with Crippen molar-refractivity contribution in [2.24, 2.45) is 4.99 Å². The van der Waals surface area contributed by atoms with Crippen molar-refractivity contribution >= 4 is 59.8 Å². The van der Waals surface area contributed by atoms with E-state index < -0.39 is 0 Å². The number of rotatable bonds is 4. The van der Waals surface area contributed by atoms with Gasteiger partial charge in [0, 0.05) is 22.0 Å². The number of allylic oxidation sites excluding steroid dienone is 1. The molecule has 0 saturated carbocycles. The molecule has 0 bridgehead atoms. The average Bonchev–Trinajstić information content (AvgIpc) is 3.52. The van der Waals surface area contributed by atoms with Crippen molar-refractivity contribution in [3.8, 4) is 16.8 Å². The third-order valence-corrected chi connectivity index (χ3v) is 10.3. The van der Waals surface area contributed by atoms with E-state index in [1.54, 1.807) is 0 Å². The Balaban J connectivity index is 1.31. The molecule has 9 aromatic rings. The minimum absolute atomic E-state index is 0.0799. The predicted molar refractivity (Wildman–Crippen MR) is 208 cm³/mol. The van der Waals surface area contributed by atoms with Gasteiger partial charge in [0.15, 0.2) is 0 Å². The second-order valence-corrected chi connectivity index (χ2v) is 13.0. The molecule has 1 aliphatic rings. The zero-order chi connectivity index (χ0) is 32.3. The molecule has 0 radical (unpaired) electrons. The van der Waals surface area contributed by atoms with Crippen LogP contribution in [0.1, 0.15) is 23.6 Å². The molecule has 1 aliphatic heterocycles. The van der Waals surface area contributed by atoms with E-state index in [9.17, 15) is 0 Å². The molecule has 49 heavy (non-hydrogen) atoms. The molecule has 230 valence electrons. The molecule has 1 unspecified atom stereocenters. The highest BCUT2D eigenvalue weighted by atomic mass is 15.0. The Morgan fingerprint density at radius 1 is 0.469 bits per heavy atom. The molecule has 0 amide bonds. The van der Waals surface area contributed by atoms with Gasteiger partial charge in [-0.2, -0.15) is 0 Å². The number of nitrogens with zero attached hydrogens (tertiary/aromatic N) is 2. The zero-order valence-electron chi connectivity index (χ0n) is 26.9. The summed E-state index contributed by atoms with van der Waals surface area (Å²) in [7, 11) is 0. The van der Waals surface area contributed by atoms with Crippen LogP contribution in [0.5, 0.6) is 0 Å². The first-order chi connectivity index (χ1) is 24.3. The maximum atomic E-state index is 5.47. The summed E-state index contributed by atoms with van der Waals surface area (Å²) in [5, 5.41) is 10.0. The van der Waals surface area contributed by atoms with Gasteiger partial charge in [0.25, 0.3) is 0 Å². The first-order valence-electron chi connectivity index (χ1n) is 17.1. The number of para-hydroxylation sites is 1. The monoisotopic (exact) mass is 624 g/mol. The van der Waals surface area contributed by atoms with Crippen molar-refractivity contribution in [3.05, 3.63) is 187 Å². The Morgan fingerprint density at radius 2 is 1.08 bits per heavy atom. The van der Waals surface area contributed by atoms with Gasteiger partial charge in [-0.05, 0) is 91.8 Å². The zero-order valence-corrected chi connectivity index (χ0v) is 26.9. The Labute approximate surface area is 284 Å². The Kier molecular flexibility index (Phi) is 6.35. The summed E-state index contributed by atoms with van der Waals surface area (Å²) in [5.74, 6) is 0. The van der Waals surface area contributed by atoms with Gasteiger partial charge in [0.1, 0.15) is 0 Å². The molecular weight excluding hydrogens is 593 g/mol. The summed E-state index contributed by atoms with van der Waals surface area (Å²) >= 11 is 0. The lowest BCUT2D eigenvalue weighted by atomic mass is 9.88. The van der Waals surface area contributed by atoms with Crippen LogP contribution in [0.2, 0.25) is 0 Å². The molecule has 2 nitrogen and oxygen atoms in total. The van der Waals surface area contributed by atoms with Gasteiger partial charge >= 0.3 is 0 Å². The third kappa shape index (κ3) is 4.45. The third-order valence-electron chi connectivity index (χ3n) is 10.3. The van der Waals surface area contributed by atoms with Gasteiger partial charge in [-0.15, -0.1) is 0 Å². The minimum atomic E-state index is 0.0799. The molecule has 1 aromatic heterocycles. The van der Waals surface area contributed by atoms with Gasteiger partial charge < -0.3 is 4.57 Å². The number of fused-ring (bicyclic) bond motifs is 9. The number of hydrogen-bond donors (Lipinski definition) is 0. The fourth-order valence-corrected chi connectivity index (χ4v) is 8.03. The normalized spacial score (nSPS) is 14.7. The number of aromatic nitrogens is 1. The average molecular weight is 625 g/mol. The Bertz CT molecular complexity index is 2780. The van der Waals surface area contributed by atoms with Crippen LogP contribution in [0.4, 0.5) is 0 Å². The molecule has 0 fully saturated rings. The number of hydrogen-bond acceptors (Lipinski definition) is 1. The van der Waals surface area contributed by atoms with E-state index in [-0.39, 0.29) is 6.04 Å². The molecule has 2 heteroatoms. The summed E-state index contributed by atoms with van der Waals surface area (Å²) in [6.45, 7) is 0. The van der Waals surface area contributed by atoms with E-state index in [1.165, 1.54) is 70.8 Å². The number of dihydropyridines is 1. The summed E-state index contributed by atoms with van der Waals surface area (Å²) in [4.78, 5) is 5.47. The number of aliphatic imine (C=N–C) groups is 1. The highest BCUT2D eigenvalue weighted by Gasteiger charge is 2.21. The lowest BCUT2D eigenvalue weighted by molar-refractivity contribution is 0.737. The smallest absolute Gasteiger partial charge is 0.0790 e. The highest BCUT2D eigenvalue weighted by Crippen LogP contribution is 2.42. The SMILES string of the molecule is C1=CC(c2cc(-n3c4ccccc4c4cc(-c5ccccc5)ccc43)cc3c4ccccc4c4ccccc4c23)=NC(c2ccccc2)C1. The van der Waals surface area contributed by atoms with Crippen molar-refractivity contribution < 1.29 is 0 Å². The fourth-order valence-electron chi connectivity index (χ4n) is 8.03. The van der Waals surface area contributed by atoms with Gasteiger partial charge in [-0.3, -0.25) is 4.99 Å². The lowest BCUT2D eigenvalue weighted by Crippen LogP contribution is -2.09. The first kappa shape index (κ1) is 27.8. The Morgan fingerprint density at radius 3 is 1.86 bits per heavy atom. The van der Waals surface area contributed by atoms with Crippen LogP contribution in [0.3, 0.4) is 0 Å². The lowest BCUT2D eigenvalue weighted by Gasteiger charge is -2.21. The molecule has 2 heterocycles. The maximum absolute atomic E-state index is 5.47. The number of benzene rings is 8. The van der Waals surface area contributed by atoms with Crippen LogP contribution in [0, 0.1) is 0 Å². The van der Waals surface area contributed by atoms with E-state index in [4.69, 9.17) is 4.99 Å². The van der Waals surface area contributed by atoms with E-state index in [0.717, 1.165) is 23.4 Å². The van der Waals surface area contributed by atoms with E-state index in [1.807, 2.05) is 0 Å². The Hall–Kier alpha value is -6.25. The van der Waals surface area contributed by atoms with Gasteiger partial charge in [0.2, 0.25) is 0 Å². The van der Waals surface area contributed by atoms with Crippen molar-refractivity contribution in [2.45, 2.75) is 12.5 Å². The highest BCUT2D eigenvalue weighted by molar-refractivity contribution is 6.31. The van der Waals surface area contributed by atoms with Crippen LogP contribution in [0.15, 0.2) is 181 Å². The largest absolute Gasteiger partial charge is 0.309 e. The van der Waals surface area contributed by atoms with Crippen molar-refractivity contribution in [1.29, 1.82) is 0 Å². The van der Waals surface area contributed by atoms with Crippen LogP contribution >= 0.6 is 0 Å². The van der Waals surface area contributed by atoms with E-state index in [0.29, 0.717) is 0 Å². The molecule has 1 atom stereocenters. The van der Waals surface area contributed by atoms with E-state index >= 15 is 0 Å². The van der Waals surface area contributed by atoms with Gasteiger partial charge in [-0.1, -0.05) is 140 Å². The summed E-state index contributed by atoms with van der Waals surface area (Å²) in [6.07, 6.45) is 5.43.